The Labute approximate surface area is 241 Å². The predicted molar refractivity (Wildman–Crippen MR) is 156 cm³/mol. The number of sulfonamides is 1. The van der Waals surface area contributed by atoms with Gasteiger partial charge in [-0.1, -0.05) is 66.9 Å². The number of aryl methyl sites for hydroxylation is 1. The number of unbranched alkanes of at least 4 members (excludes halogenated alkanes) is 1. The summed E-state index contributed by atoms with van der Waals surface area (Å²) in [6.07, 6.45) is 1.63. The highest BCUT2D eigenvalue weighted by Crippen LogP contribution is 2.31. The van der Waals surface area contributed by atoms with Gasteiger partial charge in [0.15, 0.2) is 0 Å². The molecule has 7 nitrogen and oxygen atoms in total. The summed E-state index contributed by atoms with van der Waals surface area (Å²) in [7, 11) is -4.23. The molecule has 0 saturated carbocycles. The number of halogens is 2. The summed E-state index contributed by atoms with van der Waals surface area (Å²) in [5, 5.41) is 3.14. The fourth-order valence-electron chi connectivity index (χ4n) is 4.15. The van der Waals surface area contributed by atoms with E-state index in [0.29, 0.717) is 17.1 Å². The van der Waals surface area contributed by atoms with Crippen LogP contribution in [0, 0.1) is 19.7 Å². The van der Waals surface area contributed by atoms with Gasteiger partial charge in [-0.25, -0.2) is 12.8 Å². The van der Waals surface area contributed by atoms with Crippen LogP contribution in [0.5, 0.6) is 0 Å². The van der Waals surface area contributed by atoms with Crippen molar-refractivity contribution in [3.63, 3.8) is 0 Å². The fourth-order valence-corrected chi connectivity index (χ4v) is 5.79. The van der Waals surface area contributed by atoms with Gasteiger partial charge in [0.25, 0.3) is 10.0 Å². The molecule has 0 aliphatic carbocycles. The fraction of sp³-hybridized carbons (Fsp3) is 0.333. The standard InChI is InChI=1S/C30H35ClFN3O4S/c1-5-6-18-33-30(37)23(4)34(19-24-10-7-8-12-27(24)32)29(36)20-35(28-13-9-11-26(31)22(28)3)40(38,39)25-16-14-21(2)15-17-25/h7-17,23H,5-6,18-20H2,1-4H3,(H,33,37)/t23-/m0/s1. The van der Waals surface area contributed by atoms with E-state index in [1.54, 1.807) is 50.2 Å². The van der Waals surface area contributed by atoms with Gasteiger partial charge in [0, 0.05) is 23.7 Å². The number of carbonyl (C=O) groups is 2. The maximum Gasteiger partial charge on any atom is 0.264 e. The van der Waals surface area contributed by atoms with Gasteiger partial charge in [0.1, 0.15) is 18.4 Å². The van der Waals surface area contributed by atoms with Gasteiger partial charge in [-0.3, -0.25) is 13.9 Å². The number of benzene rings is 3. The molecule has 10 heteroatoms. The molecule has 0 unspecified atom stereocenters. The molecule has 214 valence electrons. The Morgan fingerprint density at radius 1 is 1.00 bits per heavy atom. The van der Waals surface area contributed by atoms with E-state index in [2.05, 4.69) is 5.32 Å². The molecular weight excluding hydrogens is 553 g/mol. The Balaban J connectivity index is 2.05. The molecule has 3 rings (SSSR count). The second kappa shape index (κ2) is 13.8. The lowest BCUT2D eigenvalue weighted by Crippen LogP contribution is -2.51. The van der Waals surface area contributed by atoms with Gasteiger partial charge in [0.05, 0.1) is 10.6 Å². The van der Waals surface area contributed by atoms with Crippen LogP contribution in [-0.4, -0.2) is 44.3 Å². The summed E-state index contributed by atoms with van der Waals surface area (Å²) in [5.74, 6) is -1.62. The predicted octanol–water partition coefficient (Wildman–Crippen LogP) is 5.62. The monoisotopic (exact) mass is 587 g/mol. The van der Waals surface area contributed by atoms with E-state index in [9.17, 15) is 22.4 Å². The topological polar surface area (TPSA) is 86.8 Å². The SMILES string of the molecule is CCCCNC(=O)[C@H](C)N(Cc1ccccc1F)C(=O)CN(c1cccc(Cl)c1C)S(=O)(=O)c1ccc(C)cc1. The van der Waals surface area contributed by atoms with E-state index < -0.39 is 40.2 Å². The van der Waals surface area contributed by atoms with E-state index in [1.165, 1.54) is 35.2 Å². The molecule has 3 aromatic rings. The van der Waals surface area contributed by atoms with Gasteiger partial charge in [-0.15, -0.1) is 0 Å². The second-order valence-corrected chi connectivity index (χ2v) is 11.9. The van der Waals surface area contributed by atoms with Gasteiger partial charge in [-0.05, 0) is 63.1 Å². The summed E-state index contributed by atoms with van der Waals surface area (Å²) in [6, 6.07) is 16.1. The van der Waals surface area contributed by atoms with Crippen molar-refractivity contribution >= 4 is 39.1 Å². The molecule has 0 fully saturated rings. The average Bonchev–Trinajstić information content (AvgIpc) is 2.92. The van der Waals surface area contributed by atoms with Crippen molar-refractivity contribution in [3.05, 3.63) is 94.3 Å². The normalized spacial score (nSPS) is 12.1. The van der Waals surface area contributed by atoms with E-state index in [1.807, 2.05) is 13.8 Å². The highest BCUT2D eigenvalue weighted by atomic mass is 35.5. The largest absolute Gasteiger partial charge is 0.354 e. The van der Waals surface area contributed by atoms with Gasteiger partial charge in [0.2, 0.25) is 11.8 Å². The molecule has 0 spiro atoms. The molecule has 0 heterocycles. The zero-order valence-corrected chi connectivity index (χ0v) is 24.7. The highest BCUT2D eigenvalue weighted by molar-refractivity contribution is 7.92. The summed E-state index contributed by atoms with van der Waals surface area (Å²) in [5.41, 5.74) is 1.78. The highest BCUT2D eigenvalue weighted by Gasteiger charge is 2.33. The molecule has 3 aromatic carbocycles. The second-order valence-electron chi connectivity index (χ2n) is 9.64. The Kier molecular flexibility index (Phi) is 10.7. The van der Waals surface area contributed by atoms with Crippen LogP contribution >= 0.6 is 11.6 Å². The van der Waals surface area contributed by atoms with Crippen molar-refractivity contribution in [2.75, 3.05) is 17.4 Å². The molecule has 2 amide bonds. The lowest BCUT2D eigenvalue weighted by Gasteiger charge is -2.32. The van der Waals surface area contributed by atoms with Crippen LogP contribution in [0.25, 0.3) is 0 Å². The first-order valence-corrected chi connectivity index (χ1v) is 14.9. The quantitative estimate of drug-likeness (QED) is 0.279. The van der Waals surface area contributed by atoms with Crippen LogP contribution in [0.4, 0.5) is 10.1 Å². The molecule has 0 aliphatic rings. The summed E-state index contributed by atoms with van der Waals surface area (Å²) >= 11 is 6.34. The molecule has 0 aliphatic heterocycles. The van der Waals surface area contributed by atoms with Crippen LogP contribution < -0.4 is 9.62 Å². The van der Waals surface area contributed by atoms with Crippen LogP contribution in [-0.2, 0) is 26.2 Å². The minimum absolute atomic E-state index is 0.00344. The number of carbonyl (C=O) groups excluding carboxylic acids is 2. The third-order valence-corrected chi connectivity index (χ3v) is 8.87. The third-order valence-electron chi connectivity index (χ3n) is 6.69. The number of hydrogen-bond donors (Lipinski definition) is 1. The lowest BCUT2D eigenvalue weighted by atomic mass is 10.1. The van der Waals surface area contributed by atoms with Crippen LogP contribution in [0.1, 0.15) is 43.4 Å². The Bertz CT molecular complexity index is 1450. The maximum absolute atomic E-state index is 14.6. The molecule has 1 N–H and O–H groups in total. The first-order valence-electron chi connectivity index (χ1n) is 13.1. The third kappa shape index (κ3) is 7.40. The number of hydrogen-bond acceptors (Lipinski definition) is 4. The Morgan fingerprint density at radius 3 is 2.33 bits per heavy atom. The molecule has 0 saturated heterocycles. The summed E-state index contributed by atoms with van der Waals surface area (Å²) < 4.78 is 43.5. The van der Waals surface area contributed by atoms with E-state index >= 15 is 0 Å². The molecule has 0 bridgehead atoms. The van der Waals surface area contributed by atoms with Crippen molar-refractivity contribution in [2.24, 2.45) is 0 Å². The van der Waals surface area contributed by atoms with Crippen molar-refractivity contribution in [3.8, 4) is 0 Å². The van der Waals surface area contributed by atoms with Crippen molar-refractivity contribution in [1.82, 2.24) is 10.2 Å². The van der Waals surface area contributed by atoms with Gasteiger partial charge >= 0.3 is 0 Å². The lowest BCUT2D eigenvalue weighted by molar-refractivity contribution is -0.139. The van der Waals surface area contributed by atoms with Crippen LogP contribution in [0.3, 0.4) is 0 Å². The maximum atomic E-state index is 14.6. The van der Waals surface area contributed by atoms with E-state index in [-0.39, 0.29) is 22.7 Å². The van der Waals surface area contributed by atoms with Gasteiger partial charge < -0.3 is 10.2 Å². The minimum Gasteiger partial charge on any atom is -0.354 e. The van der Waals surface area contributed by atoms with Crippen molar-refractivity contribution < 1.29 is 22.4 Å². The van der Waals surface area contributed by atoms with Crippen LogP contribution in [0.2, 0.25) is 5.02 Å². The molecular formula is C30H35ClFN3O4S. The molecule has 1 atom stereocenters. The zero-order chi connectivity index (χ0) is 29.4. The number of nitrogens with zero attached hydrogens (tertiary/aromatic N) is 2. The number of nitrogens with one attached hydrogen (secondary N) is 1. The van der Waals surface area contributed by atoms with Crippen LogP contribution in [0.15, 0.2) is 71.6 Å². The Morgan fingerprint density at radius 2 is 1.68 bits per heavy atom. The molecule has 40 heavy (non-hydrogen) atoms. The van der Waals surface area contributed by atoms with E-state index in [4.69, 9.17) is 11.6 Å². The number of rotatable bonds is 12. The zero-order valence-electron chi connectivity index (χ0n) is 23.2. The minimum atomic E-state index is -4.23. The molecule has 0 radical (unpaired) electrons. The van der Waals surface area contributed by atoms with E-state index in [0.717, 1.165) is 22.7 Å². The first-order chi connectivity index (χ1) is 19.0. The Hall–Kier alpha value is -3.43. The van der Waals surface area contributed by atoms with Crippen molar-refractivity contribution in [1.29, 1.82) is 0 Å². The number of amides is 2. The smallest absolute Gasteiger partial charge is 0.264 e. The summed E-state index contributed by atoms with van der Waals surface area (Å²) in [6.45, 7) is 6.62. The average molecular weight is 588 g/mol. The summed E-state index contributed by atoms with van der Waals surface area (Å²) in [4.78, 5) is 28.1. The van der Waals surface area contributed by atoms with Crippen molar-refractivity contribution in [2.45, 2.75) is 58.0 Å². The molecule has 0 aromatic heterocycles. The van der Waals surface area contributed by atoms with Gasteiger partial charge in [-0.2, -0.15) is 0 Å². The number of anilines is 1. The first kappa shape index (κ1) is 31.1.